The van der Waals surface area contributed by atoms with Gasteiger partial charge in [-0.2, -0.15) is 0 Å². The fourth-order valence-electron chi connectivity index (χ4n) is 1.94. The van der Waals surface area contributed by atoms with Crippen molar-refractivity contribution in [1.29, 1.82) is 0 Å². The van der Waals surface area contributed by atoms with Crippen molar-refractivity contribution in [2.75, 3.05) is 0 Å². The number of rotatable bonds is 3. The van der Waals surface area contributed by atoms with Gasteiger partial charge in [0, 0.05) is 11.0 Å². The number of carboxylic acid groups (broad SMARTS) is 1. The summed E-state index contributed by atoms with van der Waals surface area (Å²) in [6, 6.07) is 0.545. The van der Waals surface area contributed by atoms with Crippen LogP contribution in [0.3, 0.4) is 0 Å². The Bertz CT molecular complexity index is 495. The summed E-state index contributed by atoms with van der Waals surface area (Å²) >= 11 is 0. The number of carboxylic acids is 1. The zero-order valence-corrected chi connectivity index (χ0v) is 8.57. The van der Waals surface area contributed by atoms with E-state index < -0.39 is 46.6 Å². The number of aliphatic carboxylic acids is 1. The molecule has 1 N–H and O–H groups in total. The van der Waals surface area contributed by atoms with Gasteiger partial charge in [0.2, 0.25) is 0 Å². The molecule has 0 aliphatic heterocycles. The van der Waals surface area contributed by atoms with E-state index in [0.29, 0.717) is 18.9 Å². The van der Waals surface area contributed by atoms with Gasteiger partial charge in [-0.3, -0.25) is 4.79 Å². The molecule has 92 valence electrons. The monoisotopic (exact) mass is 248 g/mol. The lowest BCUT2D eigenvalue weighted by Crippen LogP contribution is -2.17. The molecule has 1 fully saturated rings. The molecule has 0 bridgehead atoms. The molecule has 1 aliphatic carbocycles. The van der Waals surface area contributed by atoms with Gasteiger partial charge in [0.15, 0.2) is 23.3 Å². The summed E-state index contributed by atoms with van der Waals surface area (Å²) in [5, 5.41) is 8.65. The van der Waals surface area contributed by atoms with E-state index in [9.17, 15) is 22.4 Å². The molecule has 1 aromatic rings. The van der Waals surface area contributed by atoms with Gasteiger partial charge >= 0.3 is 5.97 Å². The zero-order valence-electron chi connectivity index (χ0n) is 8.57. The Hall–Kier alpha value is -1.59. The summed E-state index contributed by atoms with van der Waals surface area (Å²) in [6.07, 6.45) is 0.218. The number of hydrogen-bond donors (Lipinski definition) is 1. The Labute approximate surface area is 93.9 Å². The molecule has 0 atom stereocenters. The molecular weight excluding hydrogens is 240 g/mol. The molecule has 0 radical (unpaired) electrons. The molecule has 0 aromatic heterocycles. The quantitative estimate of drug-likeness (QED) is 0.507. The summed E-state index contributed by atoms with van der Waals surface area (Å²) in [7, 11) is 0. The van der Waals surface area contributed by atoms with Crippen LogP contribution in [0.2, 0.25) is 0 Å². The SMILES string of the molecule is O=C(O)CC1(c2cc(F)c(F)c(F)c2F)CC1. The van der Waals surface area contributed by atoms with Gasteiger partial charge in [-0.15, -0.1) is 0 Å². The molecule has 2 nitrogen and oxygen atoms in total. The first-order valence-corrected chi connectivity index (χ1v) is 4.93. The van der Waals surface area contributed by atoms with Crippen LogP contribution >= 0.6 is 0 Å². The summed E-state index contributed by atoms with van der Waals surface area (Å²) < 4.78 is 52.2. The average molecular weight is 248 g/mol. The van der Waals surface area contributed by atoms with Crippen LogP contribution in [-0.4, -0.2) is 11.1 Å². The van der Waals surface area contributed by atoms with Crippen molar-refractivity contribution in [3.63, 3.8) is 0 Å². The molecule has 1 aliphatic rings. The van der Waals surface area contributed by atoms with E-state index in [-0.39, 0.29) is 0 Å². The van der Waals surface area contributed by atoms with Gasteiger partial charge in [0.05, 0.1) is 6.42 Å². The topological polar surface area (TPSA) is 37.3 Å². The number of carbonyl (C=O) groups is 1. The standard InChI is InChI=1S/C11H8F4O2/c12-6-3-5(8(13)10(15)9(6)14)11(1-2-11)4-7(16)17/h3H,1-2,4H2,(H,16,17). The van der Waals surface area contributed by atoms with Crippen LogP contribution in [0.25, 0.3) is 0 Å². The second-order valence-electron chi connectivity index (χ2n) is 4.20. The Morgan fingerprint density at radius 2 is 1.76 bits per heavy atom. The lowest BCUT2D eigenvalue weighted by atomic mass is 9.91. The van der Waals surface area contributed by atoms with Gasteiger partial charge in [0.25, 0.3) is 0 Å². The highest BCUT2D eigenvalue weighted by atomic mass is 19.2. The second-order valence-corrected chi connectivity index (χ2v) is 4.20. The molecule has 17 heavy (non-hydrogen) atoms. The van der Waals surface area contributed by atoms with E-state index in [1.54, 1.807) is 0 Å². The molecular formula is C11H8F4O2. The highest BCUT2D eigenvalue weighted by Gasteiger charge is 2.48. The van der Waals surface area contributed by atoms with Gasteiger partial charge in [-0.1, -0.05) is 0 Å². The third-order valence-corrected chi connectivity index (χ3v) is 3.02. The predicted molar refractivity (Wildman–Crippen MR) is 49.4 cm³/mol. The molecule has 1 aromatic carbocycles. The van der Waals surface area contributed by atoms with Gasteiger partial charge in [-0.05, 0) is 18.9 Å². The molecule has 6 heteroatoms. The first-order valence-electron chi connectivity index (χ1n) is 4.93. The van der Waals surface area contributed by atoms with Crippen molar-refractivity contribution in [2.45, 2.75) is 24.7 Å². The summed E-state index contributed by atoms with van der Waals surface area (Å²) in [5.41, 5.74) is -1.48. The van der Waals surface area contributed by atoms with E-state index in [4.69, 9.17) is 5.11 Å². The van der Waals surface area contributed by atoms with Crippen LogP contribution in [0.15, 0.2) is 6.07 Å². The van der Waals surface area contributed by atoms with Gasteiger partial charge < -0.3 is 5.11 Å². The van der Waals surface area contributed by atoms with Gasteiger partial charge in [0.1, 0.15) is 0 Å². The minimum Gasteiger partial charge on any atom is -0.481 e. The first-order chi connectivity index (χ1) is 7.87. The van der Waals surface area contributed by atoms with E-state index >= 15 is 0 Å². The Morgan fingerprint density at radius 1 is 1.18 bits per heavy atom. The van der Waals surface area contributed by atoms with Crippen LogP contribution in [-0.2, 0) is 10.2 Å². The first kappa shape index (κ1) is 11.9. The fourth-order valence-corrected chi connectivity index (χ4v) is 1.94. The minimum atomic E-state index is -1.89. The van der Waals surface area contributed by atoms with Crippen LogP contribution in [0.4, 0.5) is 17.6 Å². The van der Waals surface area contributed by atoms with Crippen LogP contribution in [0.1, 0.15) is 24.8 Å². The van der Waals surface area contributed by atoms with E-state index in [1.165, 1.54) is 0 Å². The minimum absolute atomic E-state index is 0.320. The third-order valence-electron chi connectivity index (χ3n) is 3.02. The Kier molecular flexibility index (Phi) is 2.60. The maximum atomic E-state index is 13.5. The Morgan fingerprint density at radius 3 is 2.24 bits per heavy atom. The third kappa shape index (κ3) is 1.87. The van der Waals surface area contributed by atoms with Crippen molar-refractivity contribution in [3.8, 4) is 0 Å². The molecule has 0 saturated heterocycles. The Balaban J connectivity index is 2.50. The fraction of sp³-hybridized carbons (Fsp3) is 0.364. The van der Waals surface area contributed by atoms with Crippen molar-refractivity contribution < 1.29 is 27.5 Å². The van der Waals surface area contributed by atoms with E-state index in [0.717, 1.165) is 0 Å². The molecule has 0 spiro atoms. The summed E-state index contributed by atoms with van der Waals surface area (Å²) in [5.74, 6) is -7.96. The van der Waals surface area contributed by atoms with Crippen molar-refractivity contribution in [1.82, 2.24) is 0 Å². The molecule has 2 rings (SSSR count). The van der Waals surface area contributed by atoms with Crippen LogP contribution in [0.5, 0.6) is 0 Å². The maximum absolute atomic E-state index is 13.5. The molecule has 0 unspecified atom stereocenters. The van der Waals surface area contributed by atoms with Gasteiger partial charge in [-0.25, -0.2) is 17.6 Å². The zero-order chi connectivity index (χ0) is 12.8. The summed E-state index contributed by atoms with van der Waals surface area (Å²) in [4.78, 5) is 10.6. The van der Waals surface area contributed by atoms with Crippen molar-refractivity contribution >= 4 is 5.97 Å². The molecule has 0 heterocycles. The number of benzene rings is 1. The maximum Gasteiger partial charge on any atom is 0.304 e. The highest BCUT2D eigenvalue weighted by molar-refractivity contribution is 5.70. The smallest absolute Gasteiger partial charge is 0.304 e. The van der Waals surface area contributed by atoms with E-state index in [1.807, 2.05) is 0 Å². The van der Waals surface area contributed by atoms with Crippen molar-refractivity contribution in [2.24, 2.45) is 0 Å². The van der Waals surface area contributed by atoms with Crippen LogP contribution < -0.4 is 0 Å². The lowest BCUT2D eigenvalue weighted by Gasteiger charge is -2.14. The lowest BCUT2D eigenvalue weighted by molar-refractivity contribution is -0.137. The average Bonchev–Trinajstić information content (AvgIpc) is 3.00. The van der Waals surface area contributed by atoms with Crippen molar-refractivity contribution in [3.05, 3.63) is 34.9 Å². The predicted octanol–water partition coefficient (Wildman–Crippen LogP) is 2.75. The normalized spacial score (nSPS) is 16.9. The van der Waals surface area contributed by atoms with Crippen LogP contribution in [0, 0.1) is 23.3 Å². The largest absolute Gasteiger partial charge is 0.481 e. The highest BCUT2D eigenvalue weighted by Crippen LogP contribution is 2.52. The summed E-state index contributed by atoms with van der Waals surface area (Å²) in [6.45, 7) is 0. The number of hydrogen-bond acceptors (Lipinski definition) is 1. The molecule has 0 amide bonds. The molecule has 1 saturated carbocycles. The second kappa shape index (κ2) is 3.72. The van der Waals surface area contributed by atoms with E-state index in [2.05, 4.69) is 0 Å². The number of halogens is 4.